The maximum Gasteiger partial charge on any atom is 0.262 e. The number of hydrogen-bond acceptors (Lipinski definition) is 3. The zero-order valence-corrected chi connectivity index (χ0v) is 12.1. The van der Waals surface area contributed by atoms with E-state index in [-0.39, 0.29) is 21.3 Å². The van der Waals surface area contributed by atoms with Gasteiger partial charge in [-0.05, 0) is 42.8 Å². The van der Waals surface area contributed by atoms with E-state index in [0.717, 1.165) is 17.7 Å². The standard InChI is InChI=1S/C13H12ClFN2O2S/c1-8-2-3-12(14)13(4-8)17-20(18,19)11-6-9(15)5-10(16)7-11/h2-7,17H,16H2,1H3. The molecule has 2 aromatic rings. The minimum atomic E-state index is -3.95. The second kappa shape index (κ2) is 5.30. The number of nitrogens with two attached hydrogens (primary N) is 1. The van der Waals surface area contributed by atoms with Crippen LogP contribution < -0.4 is 10.5 Å². The molecule has 0 saturated carbocycles. The van der Waals surface area contributed by atoms with Crippen LogP contribution in [0.4, 0.5) is 15.8 Å². The predicted octanol–water partition coefficient (Wildman–Crippen LogP) is 3.17. The zero-order valence-electron chi connectivity index (χ0n) is 10.5. The van der Waals surface area contributed by atoms with E-state index in [0.29, 0.717) is 0 Å². The first-order chi connectivity index (χ1) is 9.28. The van der Waals surface area contributed by atoms with Crippen LogP contribution in [0.2, 0.25) is 5.02 Å². The number of rotatable bonds is 3. The predicted molar refractivity (Wildman–Crippen MR) is 77.8 cm³/mol. The molecule has 2 aromatic carbocycles. The molecule has 0 radical (unpaired) electrons. The highest BCUT2D eigenvalue weighted by Gasteiger charge is 2.17. The van der Waals surface area contributed by atoms with Crippen molar-refractivity contribution in [1.29, 1.82) is 0 Å². The van der Waals surface area contributed by atoms with Crippen LogP contribution in [-0.2, 0) is 10.0 Å². The molecule has 3 N–H and O–H groups in total. The molecule has 106 valence electrons. The van der Waals surface area contributed by atoms with E-state index in [1.165, 1.54) is 6.07 Å². The highest BCUT2D eigenvalue weighted by molar-refractivity contribution is 7.92. The lowest BCUT2D eigenvalue weighted by Gasteiger charge is -2.11. The van der Waals surface area contributed by atoms with Crippen molar-refractivity contribution in [2.24, 2.45) is 0 Å². The number of anilines is 2. The molecular weight excluding hydrogens is 303 g/mol. The van der Waals surface area contributed by atoms with Crippen molar-refractivity contribution in [2.75, 3.05) is 10.5 Å². The molecule has 0 saturated heterocycles. The van der Waals surface area contributed by atoms with Gasteiger partial charge in [-0.2, -0.15) is 0 Å². The van der Waals surface area contributed by atoms with E-state index in [4.69, 9.17) is 17.3 Å². The minimum absolute atomic E-state index is 0.0284. The second-order valence-corrected chi connectivity index (χ2v) is 6.40. The van der Waals surface area contributed by atoms with E-state index in [9.17, 15) is 12.8 Å². The number of hydrogen-bond donors (Lipinski definition) is 2. The Morgan fingerprint density at radius 1 is 1.20 bits per heavy atom. The normalized spacial score (nSPS) is 11.3. The molecule has 2 rings (SSSR count). The summed E-state index contributed by atoms with van der Waals surface area (Å²) in [4.78, 5) is -0.257. The first-order valence-corrected chi connectivity index (χ1v) is 7.49. The third-order valence-corrected chi connectivity index (χ3v) is 4.24. The highest BCUT2D eigenvalue weighted by atomic mass is 35.5. The number of nitrogen functional groups attached to an aromatic ring is 1. The Kier molecular flexibility index (Phi) is 3.87. The third kappa shape index (κ3) is 3.20. The average molecular weight is 315 g/mol. The van der Waals surface area contributed by atoms with Crippen LogP contribution in [0.3, 0.4) is 0 Å². The van der Waals surface area contributed by atoms with Crippen molar-refractivity contribution >= 4 is 33.0 Å². The van der Waals surface area contributed by atoms with Gasteiger partial charge < -0.3 is 5.73 Å². The van der Waals surface area contributed by atoms with Gasteiger partial charge in [-0.1, -0.05) is 17.7 Å². The number of sulfonamides is 1. The van der Waals surface area contributed by atoms with Gasteiger partial charge in [0.05, 0.1) is 15.6 Å². The Morgan fingerprint density at radius 2 is 1.90 bits per heavy atom. The molecule has 0 bridgehead atoms. The molecule has 0 heterocycles. The summed E-state index contributed by atoms with van der Waals surface area (Å²) in [7, 11) is -3.95. The van der Waals surface area contributed by atoms with Crippen molar-refractivity contribution < 1.29 is 12.8 Å². The van der Waals surface area contributed by atoms with Crippen LogP contribution in [0.15, 0.2) is 41.3 Å². The van der Waals surface area contributed by atoms with E-state index < -0.39 is 15.8 Å². The second-order valence-electron chi connectivity index (χ2n) is 4.31. The summed E-state index contributed by atoms with van der Waals surface area (Å²) in [6.45, 7) is 1.80. The van der Waals surface area contributed by atoms with Gasteiger partial charge in [0, 0.05) is 5.69 Å². The molecule has 0 spiro atoms. The van der Waals surface area contributed by atoms with Crippen molar-refractivity contribution in [3.63, 3.8) is 0 Å². The van der Waals surface area contributed by atoms with Crippen LogP contribution in [0.1, 0.15) is 5.56 Å². The fourth-order valence-electron chi connectivity index (χ4n) is 1.66. The van der Waals surface area contributed by atoms with Gasteiger partial charge >= 0.3 is 0 Å². The van der Waals surface area contributed by atoms with E-state index in [1.54, 1.807) is 25.1 Å². The van der Waals surface area contributed by atoms with Gasteiger partial charge in [0.1, 0.15) is 5.82 Å². The summed E-state index contributed by atoms with van der Waals surface area (Å²) in [6, 6.07) is 8.02. The molecule has 0 atom stereocenters. The lowest BCUT2D eigenvalue weighted by Crippen LogP contribution is -2.14. The quantitative estimate of drug-likeness (QED) is 0.855. The summed E-state index contributed by atoms with van der Waals surface area (Å²) >= 11 is 5.93. The SMILES string of the molecule is Cc1ccc(Cl)c(NS(=O)(=O)c2cc(N)cc(F)c2)c1. The van der Waals surface area contributed by atoms with Gasteiger partial charge in [0.15, 0.2) is 0 Å². The molecule has 0 aliphatic heterocycles. The zero-order chi connectivity index (χ0) is 14.9. The van der Waals surface area contributed by atoms with Crippen molar-refractivity contribution in [2.45, 2.75) is 11.8 Å². The molecule has 0 aliphatic carbocycles. The summed E-state index contributed by atoms with van der Waals surface area (Å²) in [5.41, 5.74) is 6.54. The van der Waals surface area contributed by atoms with Gasteiger partial charge in [0.25, 0.3) is 10.0 Å². The minimum Gasteiger partial charge on any atom is -0.399 e. The van der Waals surface area contributed by atoms with Crippen LogP contribution in [0.25, 0.3) is 0 Å². The first kappa shape index (κ1) is 14.6. The maximum atomic E-state index is 13.2. The Bertz CT molecular complexity index is 743. The topological polar surface area (TPSA) is 72.2 Å². The summed E-state index contributed by atoms with van der Waals surface area (Å²) < 4.78 is 39.9. The van der Waals surface area contributed by atoms with E-state index in [2.05, 4.69) is 4.72 Å². The van der Waals surface area contributed by atoms with Crippen LogP contribution >= 0.6 is 11.6 Å². The lowest BCUT2D eigenvalue weighted by atomic mass is 10.2. The molecule has 0 unspecified atom stereocenters. The van der Waals surface area contributed by atoms with E-state index in [1.807, 2.05) is 0 Å². The molecular formula is C13H12ClFN2O2S. The first-order valence-electron chi connectivity index (χ1n) is 5.63. The Morgan fingerprint density at radius 3 is 2.55 bits per heavy atom. The Hall–Kier alpha value is -1.79. The summed E-state index contributed by atoms with van der Waals surface area (Å²) in [5, 5.41) is 0.253. The molecule has 20 heavy (non-hydrogen) atoms. The Balaban J connectivity index is 2.43. The number of nitrogens with one attached hydrogen (secondary N) is 1. The molecule has 7 heteroatoms. The third-order valence-electron chi connectivity index (χ3n) is 2.57. The maximum absolute atomic E-state index is 13.2. The Labute approximate surface area is 121 Å². The van der Waals surface area contributed by atoms with Crippen molar-refractivity contribution in [3.05, 3.63) is 52.8 Å². The smallest absolute Gasteiger partial charge is 0.262 e. The summed E-state index contributed by atoms with van der Waals surface area (Å²) in [6.07, 6.45) is 0. The van der Waals surface area contributed by atoms with Gasteiger partial charge in [-0.3, -0.25) is 4.72 Å². The molecule has 4 nitrogen and oxygen atoms in total. The highest BCUT2D eigenvalue weighted by Crippen LogP contribution is 2.26. The molecule has 0 aliphatic rings. The van der Waals surface area contributed by atoms with Crippen molar-refractivity contribution in [1.82, 2.24) is 0 Å². The number of aryl methyl sites for hydroxylation is 1. The molecule has 0 fully saturated rings. The average Bonchev–Trinajstić information content (AvgIpc) is 2.32. The monoisotopic (exact) mass is 314 g/mol. The molecule has 0 aromatic heterocycles. The number of benzene rings is 2. The fraction of sp³-hybridized carbons (Fsp3) is 0.0769. The largest absolute Gasteiger partial charge is 0.399 e. The van der Waals surface area contributed by atoms with Gasteiger partial charge in [0.2, 0.25) is 0 Å². The fourth-order valence-corrected chi connectivity index (χ4v) is 3.02. The van der Waals surface area contributed by atoms with E-state index >= 15 is 0 Å². The lowest BCUT2D eigenvalue weighted by molar-refractivity contribution is 0.595. The van der Waals surface area contributed by atoms with Crippen LogP contribution in [0, 0.1) is 12.7 Å². The van der Waals surface area contributed by atoms with Gasteiger partial charge in [-0.25, -0.2) is 12.8 Å². The van der Waals surface area contributed by atoms with Crippen LogP contribution in [-0.4, -0.2) is 8.42 Å². The summed E-state index contributed by atoms with van der Waals surface area (Å²) in [5.74, 6) is -0.722. The van der Waals surface area contributed by atoms with Crippen LogP contribution in [0.5, 0.6) is 0 Å². The van der Waals surface area contributed by atoms with Crippen molar-refractivity contribution in [3.8, 4) is 0 Å². The molecule has 0 amide bonds. The van der Waals surface area contributed by atoms with Gasteiger partial charge in [-0.15, -0.1) is 0 Å². The number of halogens is 2.